The van der Waals surface area contributed by atoms with Crippen molar-refractivity contribution >= 4 is 11.7 Å². The van der Waals surface area contributed by atoms with E-state index in [2.05, 4.69) is 10.1 Å². The highest BCUT2D eigenvalue weighted by atomic mass is 19.4. The topological polar surface area (TPSA) is 71.0 Å². The molecule has 0 aliphatic carbocycles. The van der Waals surface area contributed by atoms with Crippen molar-refractivity contribution < 1.29 is 32.5 Å². The summed E-state index contributed by atoms with van der Waals surface area (Å²) < 4.78 is 49.5. The Bertz CT molecular complexity index is 695. The van der Waals surface area contributed by atoms with E-state index in [9.17, 15) is 23.1 Å². The van der Waals surface area contributed by atoms with Gasteiger partial charge in [0.1, 0.15) is 0 Å². The first-order valence-corrected chi connectivity index (χ1v) is 8.48. The summed E-state index contributed by atoms with van der Waals surface area (Å²) >= 11 is 0. The number of rotatable bonds is 5. The van der Waals surface area contributed by atoms with Gasteiger partial charge < -0.3 is 19.9 Å². The number of alkyl halides is 3. The van der Waals surface area contributed by atoms with Crippen LogP contribution in [0, 0.1) is 6.92 Å². The number of benzene rings is 1. The Hall–Kier alpha value is -1.84. The van der Waals surface area contributed by atoms with Gasteiger partial charge in [-0.2, -0.15) is 13.2 Å². The molecule has 1 aromatic rings. The highest BCUT2D eigenvalue weighted by molar-refractivity contribution is 5.93. The van der Waals surface area contributed by atoms with Crippen LogP contribution in [0.2, 0.25) is 0 Å². The van der Waals surface area contributed by atoms with Crippen LogP contribution in [0.1, 0.15) is 42.3 Å². The lowest BCUT2D eigenvalue weighted by molar-refractivity contribution is -0.253. The van der Waals surface area contributed by atoms with Gasteiger partial charge in [0.25, 0.3) is 0 Å². The van der Waals surface area contributed by atoms with Gasteiger partial charge in [0.05, 0.1) is 29.9 Å². The number of methoxy groups -OCH3 is 1. The second-order valence-corrected chi connectivity index (χ2v) is 7.54. The molecule has 27 heavy (non-hydrogen) atoms. The fourth-order valence-corrected chi connectivity index (χ4v) is 2.74. The lowest BCUT2D eigenvalue weighted by atomic mass is 10.0. The Morgan fingerprint density at radius 2 is 1.89 bits per heavy atom. The number of carbonyl (C=O) groups is 1. The van der Waals surface area contributed by atoms with E-state index in [0.717, 1.165) is 19.2 Å². The van der Waals surface area contributed by atoms with Crippen molar-refractivity contribution in [2.24, 2.45) is 0 Å². The summed E-state index contributed by atoms with van der Waals surface area (Å²) in [7, 11) is 1.12. The molecule has 1 aliphatic rings. The third-order valence-electron chi connectivity index (χ3n) is 4.18. The quantitative estimate of drug-likeness (QED) is 0.595. The number of anilines is 1. The minimum atomic E-state index is -4.59. The molecule has 2 N–H and O–H groups in total. The smallest absolute Gasteiger partial charge is 0.416 e. The van der Waals surface area contributed by atoms with Crippen LogP contribution in [0.25, 0.3) is 0 Å². The molecule has 1 saturated heterocycles. The van der Waals surface area contributed by atoms with Crippen molar-refractivity contribution in [3.8, 4) is 0 Å². The van der Waals surface area contributed by atoms with E-state index in [1.54, 1.807) is 11.8 Å². The van der Waals surface area contributed by atoms with Crippen molar-refractivity contribution in [2.75, 3.05) is 25.5 Å². The molecule has 9 heteroatoms. The van der Waals surface area contributed by atoms with Crippen LogP contribution in [0.5, 0.6) is 0 Å². The first-order chi connectivity index (χ1) is 12.3. The van der Waals surface area contributed by atoms with E-state index in [-0.39, 0.29) is 17.3 Å². The number of nitrogens with zero attached hydrogens (tertiary/aromatic N) is 1. The zero-order valence-corrected chi connectivity index (χ0v) is 16.0. The van der Waals surface area contributed by atoms with E-state index < -0.39 is 29.7 Å². The molecular formula is C18H25F3N2O4. The van der Waals surface area contributed by atoms with Gasteiger partial charge >= 0.3 is 12.1 Å². The zero-order chi connectivity index (χ0) is 20.6. The molecule has 6 nitrogen and oxygen atoms in total. The fraction of sp³-hybridized carbons (Fsp3) is 0.611. The summed E-state index contributed by atoms with van der Waals surface area (Å²) in [6, 6.07) is 1.59. The Morgan fingerprint density at radius 3 is 2.37 bits per heavy atom. The first-order valence-electron chi connectivity index (χ1n) is 8.48. The third kappa shape index (κ3) is 5.33. The van der Waals surface area contributed by atoms with Crippen LogP contribution < -0.4 is 5.32 Å². The van der Waals surface area contributed by atoms with Gasteiger partial charge in [-0.15, -0.1) is 0 Å². The van der Waals surface area contributed by atoms with Gasteiger partial charge in [0.15, 0.2) is 0 Å². The average molecular weight is 390 g/mol. The van der Waals surface area contributed by atoms with E-state index in [1.165, 1.54) is 0 Å². The molecule has 0 aromatic heterocycles. The van der Waals surface area contributed by atoms with E-state index in [1.807, 2.05) is 20.8 Å². The van der Waals surface area contributed by atoms with Gasteiger partial charge in [0.2, 0.25) is 6.41 Å². The lowest BCUT2D eigenvalue weighted by Gasteiger charge is -2.44. The summed E-state index contributed by atoms with van der Waals surface area (Å²) in [5.41, 5.74) is -1.00. The van der Waals surface area contributed by atoms with Crippen LogP contribution in [0.4, 0.5) is 18.9 Å². The molecule has 1 fully saturated rings. The van der Waals surface area contributed by atoms with Gasteiger partial charge in [-0.1, -0.05) is 0 Å². The number of ether oxygens (including phenoxy) is 2. The van der Waals surface area contributed by atoms with Gasteiger partial charge in [-0.05, 0) is 45.4 Å². The summed E-state index contributed by atoms with van der Waals surface area (Å²) in [4.78, 5) is 13.5. The van der Waals surface area contributed by atoms with E-state index >= 15 is 0 Å². The number of carbonyl (C=O) groups excluding carboxylic acids is 1. The number of esters is 1. The monoisotopic (exact) mass is 390 g/mol. The standard InChI is InChI=1S/C18H25F3N2O4/c1-10-13(15(24)26-5)6-11(18(19,20)21)7-14(10)22-12-8-23(9-12)16(25)27-17(2,3)4/h6-7,12,16,22,25H,8-9H2,1-5H3. The molecule has 1 aliphatic heterocycles. The van der Waals surface area contributed by atoms with Crippen LogP contribution >= 0.6 is 0 Å². The molecule has 0 spiro atoms. The molecule has 1 aromatic carbocycles. The highest BCUT2D eigenvalue weighted by Gasteiger charge is 2.36. The third-order valence-corrected chi connectivity index (χ3v) is 4.18. The van der Waals surface area contributed by atoms with Gasteiger partial charge in [-0.3, -0.25) is 4.90 Å². The Morgan fingerprint density at radius 1 is 1.30 bits per heavy atom. The van der Waals surface area contributed by atoms with Crippen LogP contribution in [0.3, 0.4) is 0 Å². The Balaban J connectivity index is 2.14. The summed E-state index contributed by atoms with van der Waals surface area (Å²) in [5.74, 6) is -0.828. The van der Waals surface area contributed by atoms with E-state index in [4.69, 9.17) is 4.74 Å². The molecule has 1 heterocycles. The maximum Gasteiger partial charge on any atom is 0.416 e. The van der Waals surface area contributed by atoms with Crippen molar-refractivity contribution in [3.05, 3.63) is 28.8 Å². The van der Waals surface area contributed by atoms with Crippen LogP contribution in [-0.4, -0.2) is 54.2 Å². The summed E-state index contributed by atoms with van der Waals surface area (Å²) in [6.45, 7) is 7.77. The molecule has 0 radical (unpaired) electrons. The maximum atomic E-state index is 13.2. The highest BCUT2D eigenvalue weighted by Crippen LogP contribution is 2.35. The van der Waals surface area contributed by atoms with Crippen molar-refractivity contribution in [1.82, 2.24) is 4.90 Å². The average Bonchev–Trinajstić information content (AvgIpc) is 2.47. The second kappa shape index (κ2) is 7.65. The minimum absolute atomic E-state index is 0.137. The Kier molecular flexibility index (Phi) is 6.08. The normalized spacial score (nSPS) is 17.4. The molecule has 0 bridgehead atoms. The SMILES string of the molecule is COC(=O)c1cc(C(F)(F)F)cc(NC2CN(C(O)OC(C)(C)C)C2)c1C. The minimum Gasteiger partial charge on any atom is -0.465 e. The van der Waals surface area contributed by atoms with Crippen LogP contribution in [-0.2, 0) is 15.7 Å². The summed E-state index contributed by atoms with van der Waals surface area (Å²) in [5, 5.41) is 13.0. The molecule has 2 rings (SSSR count). The summed E-state index contributed by atoms with van der Waals surface area (Å²) in [6.07, 6.45) is -5.67. The molecule has 0 saturated carbocycles. The van der Waals surface area contributed by atoms with Crippen molar-refractivity contribution in [3.63, 3.8) is 0 Å². The van der Waals surface area contributed by atoms with E-state index in [0.29, 0.717) is 18.7 Å². The lowest BCUT2D eigenvalue weighted by Crippen LogP contribution is -2.60. The Labute approximate surface area is 156 Å². The number of nitrogens with one attached hydrogen (secondary N) is 1. The predicted molar refractivity (Wildman–Crippen MR) is 93.3 cm³/mol. The molecule has 1 atom stereocenters. The molecule has 152 valence electrons. The second-order valence-electron chi connectivity index (χ2n) is 7.54. The number of hydrogen-bond acceptors (Lipinski definition) is 6. The predicted octanol–water partition coefficient (Wildman–Crippen LogP) is 2.99. The van der Waals surface area contributed by atoms with Crippen molar-refractivity contribution in [1.29, 1.82) is 0 Å². The number of aliphatic hydroxyl groups is 1. The largest absolute Gasteiger partial charge is 0.465 e. The van der Waals surface area contributed by atoms with Gasteiger partial charge in [0, 0.05) is 18.8 Å². The molecule has 0 amide bonds. The number of hydrogen-bond donors (Lipinski definition) is 2. The number of halogens is 3. The number of likely N-dealkylation sites (tertiary alicyclic amines) is 1. The zero-order valence-electron chi connectivity index (χ0n) is 16.0. The maximum absolute atomic E-state index is 13.2. The first kappa shape index (κ1) is 21.5. The molecule has 1 unspecified atom stereocenters. The van der Waals surface area contributed by atoms with Gasteiger partial charge in [-0.25, -0.2) is 4.79 Å². The fourth-order valence-electron chi connectivity index (χ4n) is 2.74. The molecular weight excluding hydrogens is 365 g/mol. The van der Waals surface area contributed by atoms with Crippen molar-refractivity contribution in [2.45, 2.75) is 51.9 Å². The van der Waals surface area contributed by atoms with Crippen LogP contribution in [0.15, 0.2) is 12.1 Å². The number of aliphatic hydroxyl groups excluding tert-OH is 1.